The number of benzene rings is 1. The van der Waals surface area contributed by atoms with Crippen LogP contribution in [0.4, 0.5) is 17.5 Å². The summed E-state index contributed by atoms with van der Waals surface area (Å²) in [6.07, 6.45) is 2.30. The molecule has 0 fully saturated rings. The van der Waals surface area contributed by atoms with E-state index in [1.165, 1.54) is 6.20 Å². The van der Waals surface area contributed by atoms with Crippen molar-refractivity contribution < 1.29 is 9.53 Å². The minimum absolute atomic E-state index is 0.00502. The Balaban J connectivity index is 1.99. The molecule has 0 aliphatic carbocycles. The van der Waals surface area contributed by atoms with E-state index < -0.39 is 11.3 Å². The molecule has 2 aromatic heterocycles. The molecule has 9 heteroatoms. The summed E-state index contributed by atoms with van der Waals surface area (Å²) in [7, 11) is 0. The highest BCUT2D eigenvalue weighted by Gasteiger charge is 2.19. The van der Waals surface area contributed by atoms with E-state index in [0.717, 1.165) is 17.9 Å². The maximum Gasteiger partial charge on any atom is 0.256 e. The van der Waals surface area contributed by atoms with Gasteiger partial charge in [0.05, 0.1) is 12.0 Å². The fraction of sp³-hybridized carbons (Fsp3) is 0.263. The van der Waals surface area contributed by atoms with Crippen LogP contribution in [0.1, 0.15) is 30.6 Å². The molecule has 3 aromatic rings. The molecule has 3 rings (SSSR count). The van der Waals surface area contributed by atoms with E-state index >= 15 is 0 Å². The SMILES string of the molecule is CCCOc1ccc(Nc2ncc3c(=O)c(C(N)=O)c(N)n(CC)c3n2)cc1. The van der Waals surface area contributed by atoms with Crippen molar-refractivity contribution >= 4 is 34.4 Å². The monoisotopic (exact) mass is 382 g/mol. The number of primary amides is 1. The van der Waals surface area contributed by atoms with Crippen LogP contribution in [-0.2, 0) is 6.54 Å². The van der Waals surface area contributed by atoms with Crippen LogP contribution >= 0.6 is 0 Å². The molecule has 146 valence electrons. The Morgan fingerprint density at radius 1 is 1.25 bits per heavy atom. The molecule has 2 heterocycles. The van der Waals surface area contributed by atoms with Crippen molar-refractivity contribution in [3.05, 3.63) is 46.2 Å². The lowest BCUT2D eigenvalue weighted by Crippen LogP contribution is -2.28. The van der Waals surface area contributed by atoms with Crippen LogP contribution < -0.4 is 26.9 Å². The number of anilines is 3. The number of nitrogens with zero attached hydrogens (tertiary/aromatic N) is 3. The van der Waals surface area contributed by atoms with Gasteiger partial charge in [-0.05, 0) is 37.6 Å². The standard InChI is InChI=1S/C19H22N6O3/c1-3-9-28-12-7-5-11(6-8-12)23-19-22-10-13-15(26)14(17(21)27)16(20)25(4-2)18(13)24-19/h5-8,10H,3-4,9,20H2,1-2H3,(H2,21,27)(H,22,23,24). The molecule has 0 aliphatic rings. The molecule has 0 unspecified atom stereocenters. The lowest BCUT2D eigenvalue weighted by Gasteiger charge is -2.14. The van der Waals surface area contributed by atoms with Crippen molar-refractivity contribution in [2.45, 2.75) is 26.8 Å². The maximum absolute atomic E-state index is 12.5. The van der Waals surface area contributed by atoms with Crippen molar-refractivity contribution in [1.29, 1.82) is 0 Å². The third-order valence-corrected chi connectivity index (χ3v) is 4.19. The molecule has 5 N–H and O–H groups in total. The van der Waals surface area contributed by atoms with Gasteiger partial charge in [0.2, 0.25) is 11.4 Å². The van der Waals surface area contributed by atoms with Crippen molar-refractivity contribution in [3.63, 3.8) is 0 Å². The number of amides is 1. The smallest absolute Gasteiger partial charge is 0.256 e. The number of hydrogen-bond acceptors (Lipinski definition) is 7. The van der Waals surface area contributed by atoms with Crippen molar-refractivity contribution in [1.82, 2.24) is 14.5 Å². The number of nitrogens with one attached hydrogen (secondary N) is 1. The topological polar surface area (TPSA) is 138 Å². The van der Waals surface area contributed by atoms with Gasteiger partial charge in [-0.3, -0.25) is 9.59 Å². The van der Waals surface area contributed by atoms with Crippen LogP contribution in [0, 0.1) is 0 Å². The molecule has 9 nitrogen and oxygen atoms in total. The molecule has 1 aromatic carbocycles. The Kier molecular flexibility index (Phi) is 5.44. The zero-order chi connectivity index (χ0) is 20.3. The highest BCUT2D eigenvalue weighted by molar-refractivity contribution is 6.00. The number of carbonyl (C=O) groups excluding carboxylic acids is 1. The Morgan fingerprint density at radius 2 is 1.96 bits per heavy atom. The second kappa shape index (κ2) is 7.95. The minimum atomic E-state index is -0.876. The number of carbonyl (C=O) groups is 1. The summed E-state index contributed by atoms with van der Waals surface area (Å²) in [5.74, 6) is 0.190. The Morgan fingerprint density at radius 3 is 2.57 bits per heavy atom. The second-order valence-corrected chi connectivity index (χ2v) is 6.13. The van der Waals surface area contributed by atoms with Crippen molar-refractivity contribution in [2.24, 2.45) is 5.73 Å². The van der Waals surface area contributed by atoms with Crippen LogP contribution in [0.2, 0.25) is 0 Å². The highest BCUT2D eigenvalue weighted by atomic mass is 16.5. The van der Waals surface area contributed by atoms with Gasteiger partial charge in [-0.1, -0.05) is 6.92 Å². The van der Waals surface area contributed by atoms with Crippen LogP contribution in [-0.4, -0.2) is 27.0 Å². The second-order valence-electron chi connectivity index (χ2n) is 6.13. The van der Waals surface area contributed by atoms with Gasteiger partial charge in [0, 0.05) is 18.4 Å². The van der Waals surface area contributed by atoms with E-state index in [1.54, 1.807) is 4.57 Å². The van der Waals surface area contributed by atoms with E-state index in [4.69, 9.17) is 16.2 Å². The molecule has 0 aliphatic heterocycles. The van der Waals surface area contributed by atoms with E-state index in [1.807, 2.05) is 38.1 Å². The van der Waals surface area contributed by atoms with E-state index in [-0.39, 0.29) is 16.8 Å². The number of nitrogens with two attached hydrogens (primary N) is 2. The van der Waals surface area contributed by atoms with Crippen LogP contribution in [0.3, 0.4) is 0 Å². The quantitative estimate of drug-likeness (QED) is 0.568. The molecule has 0 bridgehead atoms. The Labute approximate surface area is 161 Å². The first-order chi connectivity index (χ1) is 13.5. The molecule has 0 saturated carbocycles. The van der Waals surface area contributed by atoms with Gasteiger partial charge in [-0.25, -0.2) is 4.98 Å². The van der Waals surface area contributed by atoms with E-state index in [2.05, 4.69) is 15.3 Å². The molecule has 0 saturated heterocycles. The van der Waals surface area contributed by atoms with Crippen LogP contribution in [0.15, 0.2) is 35.3 Å². The summed E-state index contributed by atoms with van der Waals surface area (Å²) in [5.41, 5.74) is 11.6. The largest absolute Gasteiger partial charge is 0.494 e. The first-order valence-corrected chi connectivity index (χ1v) is 8.95. The fourth-order valence-corrected chi connectivity index (χ4v) is 2.84. The predicted octanol–water partition coefficient (Wildman–Crippen LogP) is 2.02. The third kappa shape index (κ3) is 3.59. The lowest BCUT2D eigenvalue weighted by atomic mass is 10.2. The molecular formula is C19H22N6O3. The normalized spacial score (nSPS) is 10.8. The molecular weight excluding hydrogens is 360 g/mol. The van der Waals surface area contributed by atoms with Crippen molar-refractivity contribution in [3.8, 4) is 5.75 Å². The lowest BCUT2D eigenvalue weighted by molar-refractivity contribution is 0.1000. The predicted molar refractivity (Wildman–Crippen MR) is 108 cm³/mol. The molecule has 0 radical (unpaired) electrons. The number of ether oxygens (including phenoxy) is 1. The average Bonchev–Trinajstić information content (AvgIpc) is 2.67. The summed E-state index contributed by atoms with van der Waals surface area (Å²) in [4.78, 5) is 32.8. The number of rotatable bonds is 7. The number of fused-ring (bicyclic) bond motifs is 1. The number of nitrogen functional groups attached to an aromatic ring is 1. The maximum atomic E-state index is 12.5. The van der Waals surface area contributed by atoms with Gasteiger partial charge in [-0.15, -0.1) is 0 Å². The summed E-state index contributed by atoms with van der Waals surface area (Å²) in [6.45, 7) is 4.93. The van der Waals surface area contributed by atoms with Gasteiger partial charge in [0.25, 0.3) is 5.91 Å². The summed E-state index contributed by atoms with van der Waals surface area (Å²) in [5, 5.41) is 3.26. The summed E-state index contributed by atoms with van der Waals surface area (Å²) < 4.78 is 7.12. The molecule has 1 amide bonds. The number of aromatic nitrogens is 3. The van der Waals surface area contributed by atoms with Crippen molar-refractivity contribution in [2.75, 3.05) is 17.7 Å². The fourth-order valence-electron chi connectivity index (χ4n) is 2.84. The zero-order valence-electron chi connectivity index (χ0n) is 15.7. The summed E-state index contributed by atoms with van der Waals surface area (Å²) >= 11 is 0. The average molecular weight is 382 g/mol. The summed E-state index contributed by atoms with van der Waals surface area (Å²) in [6, 6.07) is 7.38. The van der Waals surface area contributed by atoms with Gasteiger partial charge < -0.3 is 26.1 Å². The zero-order valence-corrected chi connectivity index (χ0v) is 15.7. The third-order valence-electron chi connectivity index (χ3n) is 4.19. The van der Waals surface area contributed by atoms with Crippen LogP contribution in [0.25, 0.3) is 11.0 Å². The Bertz CT molecular complexity index is 1080. The minimum Gasteiger partial charge on any atom is -0.494 e. The molecule has 0 spiro atoms. The van der Waals surface area contributed by atoms with E-state index in [9.17, 15) is 9.59 Å². The first-order valence-electron chi connectivity index (χ1n) is 8.95. The number of hydrogen-bond donors (Lipinski definition) is 3. The van der Waals surface area contributed by atoms with Gasteiger partial charge in [0.15, 0.2) is 5.65 Å². The van der Waals surface area contributed by atoms with Crippen LogP contribution in [0.5, 0.6) is 5.75 Å². The van der Waals surface area contributed by atoms with Gasteiger partial charge in [-0.2, -0.15) is 4.98 Å². The molecule has 0 atom stereocenters. The number of pyridine rings is 1. The first kappa shape index (κ1) is 19.2. The highest BCUT2D eigenvalue weighted by Crippen LogP contribution is 2.21. The van der Waals surface area contributed by atoms with E-state index in [0.29, 0.717) is 24.7 Å². The Hall–Kier alpha value is -3.62. The van der Waals surface area contributed by atoms with Gasteiger partial charge >= 0.3 is 0 Å². The number of aryl methyl sites for hydroxylation is 1. The van der Waals surface area contributed by atoms with Gasteiger partial charge in [0.1, 0.15) is 17.1 Å². The molecule has 28 heavy (non-hydrogen) atoms.